The molecule has 0 bridgehead atoms. The summed E-state index contributed by atoms with van der Waals surface area (Å²) in [6.45, 7) is 0. The van der Waals surface area contributed by atoms with E-state index in [-0.39, 0.29) is 0 Å². The summed E-state index contributed by atoms with van der Waals surface area (Å²) < 4.78 is 1.05. The molecular weight excluding hydrogens is 361 g/mol. The molecule has 0 radical (unpaired) electrons. The SMILES string of the molecule is Clc1ccc(-c2nc(CBr)sc2Br)cc1. The first-order chi connectivity index (χ1) is 7.20. The van der Waals surface area contributed by atoms with Gasteiger partial charge in [-0.3, -0.25) is 0 Å². The van der Waals surface area contributed by atoms with Crippen LogP contribution in [0.25, 0.3) is 11.3 Å². The van der Waals surface area contributed by atoms with Crippen LogP contribution < -0.4 is 0 Å². The molecule has 0 unspecified atom stereocenters. The number of alkyl halides is 1. The molecule has 0 aliphatic carbocycles. The molecule has 1 aromatic heterocycles. The average Bonchev–Trinajstić information content (AvgIpc) is 2.61. The summed E-state index contributed by atoms with van der Waals surface area (Å²) in [7, 11) is 0. The summed E-state index contributed by atoms with van der Waals surface area (Å²) in [5.74, 6) is 0. The van der Waals surface area contributed by atoms with E-state index < -0.39 is 0 Å². The topological polar surface area (TPSA) is 12.9 Å². The minimum Gasteiger partial charge on any atom is -0.239 e. The van der Waals surface area contributed by atoms with Crippen LogP contribution in [0.1, 0.15) is 5.01 Å². The third-order valence-electron chi connectivity index (χ3n) is 1.86. The fourth-order valence-corrected chi connectivity index (χ4v) is 3.32. The van der Waals surface area contributed by atoms with Crippen LogP contribution >= 0.6 is 54.8 Å². The van der Waals surface area contributed by atoms with Crippen LogP contribution in [-0.4, -0.2) is 4.98 Å². The second kappa shape index (κ2) is 4.95. The van der Waals surface area contributed by atoms with Gasteiger partial charge in [-0.25, -0.2) is 4.98 Å². The molecule has 2 aromatic rings. The molecule has 0 atom stereocenters. The summed E-state index contributed by atoms with van der Waals surface area (Å²) in [5.41, 5.74) is 2.06. The van der Waals surface area contributed by atoms with Gasteiger partial charge >= 0.3 is 0 Å². The average molecular weight is 367 g/mol. The van der Waals surface area contributed by atoms with Gasteiger partial charge in [0.05, 0.1) is 14.8 Å². The second-order valence-corrected chi connectivity index (χ2v) is 6.27. The third kappa shape index (κ3) is 2.61. The van der Waals surface area contributed by atoms with Crippen molar-refractivity contribution in [2.45, 2.75) is 5.33 Å². The number of halogens is 3. The molecule has 0 fully saturated rings. The zero-order valence-corrected chi connectivity index (χ0v) is 12.3. The smallest absolute Gasteiger partial charge is 0.105 e. The third-order valence-corrected chi connectivity index (χ3v) is 4.72. The Bertz CT molecular complexity index is 467. The fraction of sp³-hybridized carbons (Fsp3) is 0.100. The summed E-state index contributed by atoms with van der Waals surface area (Å²) >= 11 is 14.4. The monoisotopic (exact) mass is 365 g/mol. The molecule has 0 aliphatic heterocycles. The van der Waals surface area contributed by atoms with E-state index in [1.165, 1.54) is 0 Å². The van der Waals surface area contributed by atoms with Gasteiger partial charge < -0.3 is 0 Å². The van der Waals surface area contributed by atoms with E-state index in [1.807, 2.05) is 24.3 Å². The van der Waals surface area contributed by atoms with E-state index in [0.29, 0.717) is 0 Å². The molecule has 0 N–H and O–H groups in total. The number of hydrogen-bond acceptors (Lipinski definition) is 2. The predicted molar refractivity (Wildman–Crippen MR) is 72.9 cm³/mol. The summed E-state index contributed by atoms with van der Waals surface area (Å²) in [5, 5.41) is 2.58. The van der Waals surface area contributed by atoms with Crippen molar-refractivity contribution < 1.29 is 0 Å². The van der Waals surface area contributed by atoms with Crippen LogP contribution in [0.15, 0.2) is 28.1 Å². The van der Waals surface area contributed by atoms with Gasteiger partial charge in [-0.2, -0.15) is 0 Å². The van der Waals surface area contributed by atoms with Crippen LogP contribution in [0.5, 0.6) is 0 Å². The number of aromatic nitrogens is 1. The first kappa shape index (κ1) is 11.6. The van der Waals surface area contributed by atoms with Crippen molar-refractivity contribution >= 4 is 54.8 Å². The molecule has 0 amide bonds. The Balaban J connectivity index is 2.44. The van der Waals surface area contributed by atoms with Crippen molar-refractivity contribution in [3.05, 3.63) is 38.1 Å². The minimum absolute atomic E-state index is 0.741. The molecule has 0 spiro atoms. The zero-order valence-electron chi connectivity index (χ0n) is 7.51. The highest BCUT2D eigenvalue weighted by molar-refractivity contribution is 9.11. The summed E-state index contributed by atoms with van der Waals surface area (Å²) in [6.07, 6.45) is 0. The van der Waals surface area contributed by atoms with E-state index in [0.717, 1.165) is 30.4 Å². The standard InChI is InChI=1S/C10H6Br2ClNS/c11-5-8-14-9(10(12)15-8)6-1-3-7(13)4-2-6/h1-4H,5H2. The Morgan fingerprint density at radius 1 is 1.27 bits per heavy atom. The first-order valence-electron chi connectivity index (χ1n) is 4.18. The molecule has 5 heteroatoms. The van der Waals surface area contributed by atoms with Crippen molar-refractivity contribution in [3.63, 3.8) is 0 Å². The number of benzene rings is 1. The van der Waals surface area contributed by atoms with Gasteiger partial charge in [0.2, 0.25) is 0 Å². The van der Waals surface area contributed by atoms with E-state index >= 15 is 0 Å². The molecule has 2 rings (SSSR count). The normalized spacial score (nSPS) is 10.6. The highest BCUT2D eigenvalue weighted by atomic mass is 79.9. The number of thiazole rings is 1. The van der Waals surface area contributed by atoms with Crippen LogP contribution in [0.4, 0.5) is 0 Å². The number of nitrogens with zero attached hydrogens (tertiary/aromatic N) is 1. The quantitative estimate of drug-likeness (QED) is 0.671. The molecule has 0 aliphatic rings. The molecule has 78 valence electrons. The molecule has 0 saturated carbocycles. The van der Waals surface area contributed by atoms with Gasteiger partial charge in [0.1, 0.15) is 5.01 Å². The maximum atomic E-state index is 5.83. The lowest BCUT2D eigenvalue weighted by atomic mass is 10.2. The Morgan fingerprint density at radius 2 is 1.93 bits per heavy atom. The highest BCUT2D eigenvalue weighted by Gasteiger charge is 2.09. The van der Waals surface area contributed by atoms with Crippen LogP contribution in [0.2, 0.25) is 5.02 Å². The van der Waals surface area contributed by atoms with Gasteiger partial charge in [-0.15, -0.1) is 11.3 Å². The van der Waals surface area contributed by atoms with E-state index in [4.69, 9.17) is 11.6 Å². The van der Waals surface area contributed by atoms with Crippen LogP contribution in [0, 0.1) is 0 Å². The van der Waals surface area contributed by atoms with E-state index in [2.05, 4.69) is 36.8 Å². The largest absolute Gasteiger partial charge is 0.239 e. The van der Waals surface area contributed by atoms with Crippen LogP contribution in [0.3, 0.4) is 0 Å². The minimum atomic E-state index is 0.741. The van der Waals surface area contributed by atoms with Crippen molar-refractivity contribution in [1.29, 1.82) is 0 Å². The van der Waals surface area contributed by atoms with Gasteiger partial charge in [-0.05, 0) is 28.1 Å². The van der Waals surface area contributed by atoms with Gasteiger partial charge in [-0.1, -0.05) is 39.7 Å². The molecule has 15 heavy (non-hydrogen) atoms. The zero-order chi connectivity index (χ0) is 10.8. The lowest BCUT2D eigenvalue weighted by molar-refractivity contribution is 1.28. The lowest BCUT2D eigenvalue weighted by Gasteiger charge is -1.97. The molecule has 0 saturated heterocycles. The summed E-state index contributed by atoms with van der Waals surface area (Å²) in [6, 6.07) is 7.69. The van der Waals surface area contributed by atoms with Crippen molar-refractivity contribution in [1.82, 2.24) is 4.98 Å². The number of hydrogen-bond donors (Lipinski definition) is 0. The Hall–Kier alpha value is 0.1000. The predicted octanol–water partition coefficient (Wildman–Crippen LogP) is 5.12. The fourth-order valence-electron chi connectivity index (χ4n) is 1.19. The second-order valence-electron chi connectivity index (χ2n) is 2.87. The van der Waals surface area contributed by atoms with E-state index in [9.17, 15) is 0 Å². The Morgan fingerprint density at radius 3 is 2.47 bits per heavy atom. The van der Waals surface area contributed by atoms with Gasteiger partial charge in [0.25, 0.3) is 0 Å². The van der Waals surface area contributed by atoms with Crippen molar-refractivity contribution in [2.75, 3.05) is 0 Å². The number of rotatable bonds is 2. The molecule has 1 nitrogen and oxygen atoms in total. The Kier molecular flexibility index (Phi) is 3.83. The lowest BCUT2D eigenvalue weighted by Crippen LogP contribution is -1.79. The molecule has 1 aromatic carbocycles. The van der Waals surface area contributed by atoms with Gasteiger partial charge in [0.15, 0.2) is 0 Å². The van der Waals surface area contributed by atoms with Gasteiger partial charge in [0, 0.05) is 10.6 Å². The molecular formula is C10H6Br2ClNS. The van der Waals surface area contributed by atoms with Crippen molar-refractivity contribution in [3.8, 4) is 11.3 Å². The Labute approximate surface area is 114 Å². The van der Waals surface area contributed by atoms with Crippen molar-refractivity contribution in [2.24, 2.45) is 0 Å². The first-order valence-corrected chi connectivity index (χ1v) is 7.28. The maximum Gasteiger partial charge on any atom is 0.105 e. The summed E-state index contributed by atoms with van der Waals surface area (Å²) in [4.78, 5) is 4.51. The highest BCUT2D eigenvalue weighted by Crippen LogP contribution is 2.34. The maximum absolute atomic E-state index is 5.83. The van der Waals surface area contributed by atoms with E-state index in [1.54, 1.807) is 11.3 Å². The van der Waals surface area contributed by atoms with Crippen LogP contribution in [-0.2, 0) is 5.33 Å². The molecule has 1 heterocycles.